The van der Waals surface area contributed by atoms with Crippen molar-refractivity contribution >= 4 is 0 Å². The SMILES string of the molecule is CCCCCOC(c1ccccc1)[N+](C)(C)CCCO. The van der Waals surface area contributed by atoms with Crippen molar-refractivity contribution in [1.29, 1.82) is 0 Å². The average Bonchev–Trinajstić information content (AvgIpc) is 2.46. The molecule has 1 rings (SSSR count). The third-order valence-electron chi connectivity index (χ3n) is 3.64. The summed E-state index contributed by atoms with van der Waals surface area (Å²) in [6.07, 6.45) is 4.38. The summed E-state index contributed by atoms with van der Waals surface area (Å²) < 4.78 is 6.93. The Bertz CT molecular complexity index is 351. The number of benzene rings is 1. The maximum absolute atomic E-state index is 9.08. The van der Waals surface area contributed by atoms with E-state index < -0.39 is 0 Å². The highest BCUT2D eigenvalue weighted by Crippen LogP contribution is 2.27. The van der Waals surface area contributed by atoms with Crippen molar-refractivity contribution in [3.63, 3.8) is 0 Å². The minimum atomic E-state index is 0.0413. The first-order chi connectivity index (χ1) is 9.61. The predicted molar refractivity (Wildman–Crippen MR) is 83.3 cm³/mol. The van der Waals surface area contributed by atoms with Gasteiger partial charge in [0.25, 0.3) is 0 Å². The van der Waals surface area contributed by atoms with Crippen molar-refractivity contribution in [2.24, 2.45) is 0 Å². The van der Waals surface area contributed by atoms with Gasteiger partial charge in [0.05, 0.1) is 27.2 Å². The molecule has 0 heterocycles. The van der Waals surface area contributed by atoms with E-state index in [1.54, 1.807) is 0 Å². The molecule has 1 atom stereocenters. The molecule has 0 aromatic heterocycles. The molecule has 0 saturated heterocycles. The normalized spacial score (nSPS) is 13.4. The Morgan fingerprint density at radius 1 is 1.10 bits per heavy atom. The van der Waals surface area contributed by atoms with Crippen molar-refractivity contribution in [2.75, 3.05) is 33.9 Å². The molecular weight excluding hydrogens is 250 g/mol. The number of quaternary nitrogens is 1. The van der Waals surface area contributed by atoms with Gasteiger partial charge in [0, 0.05) is 18.6 Å². The average molecular weight is 280 g/mol. The van der Waals surface area contributed by atoms with Gasteiger partial charge in [-0.1, -0.05) is 50.1 Å². The van der Waals surface area contributed by atoms with Gasteiger partial charge in [0.15, 0.2) is 0 Å². The number of nitrogens with zero attached hydrogens (tertiary/aromatic N) is 1. The Morgan fingerprint density at radius 2 is 1.80 bits per heavy atom. The van der Waals surface area contributed by atoms with Gasteiger partial charge in [-0.15, -0.1) is 0 Å². The van der Waals surface area contributed by atoms with Gasteiger partial charge in [0.2, 0.25) is 6.23 Å². The number of aliphatic hydroxyl groups excluding tert-OH is 1. The highest BCUT2D eigenvalue weighted by Gasteiger charge is 2.30. The molecule has 0 radical (unpaired) electrons. The summed E-state index contributed by atoms with van der Waals surface area (Å²) >= 11 is 0. The third kappa shape index (κ3) is 5.61. The lowest BCUT2D eigenvalue weighted by atomic mass is 10.1. The summed E-state index contributed by atoms with van der Waals surface area (Å²) in [6, 6.07) is 10.4. The van der Waals surface area contributed by atoms with Crippen molar-refractivity contribution < 1.29 is 14.3 Å². The molecule has 0 amide bonds. The van der Waals surface area contributed by atoms with Gasteiger partial charge in [-0.2, -0.15) is 0 Å². The molecule has 0 aliphatic heterocycles. The number of aliphatic hydroxyl groups is 1. The van der Waals surface area contributed by atoms with Crippen molar-refractivity contribution in [3.05, 3.63) is 35.9 Å². The molecule has 3 nitrogen and oxygen atoms in total. The van der Waals surface area contributed by atoms with Gasteiger partial charge < -0.3 is 9.84 Å². The van der Waals surface area contributed by atoms with Gasteiger partial charge in [-0.25, -0.2) is 0 Å². The van der Waals surface area contributed by atoms with Crippen molar-refractivity contribution in [3.8, 4) is 0 Å². The summed E-state index contributed by atoms with van der Waals surface area (Å²) in [4.78, 5) is 0. The van der Waals surface area contributed by atoms with Crippen LogP contribution in [-0.4, -0.2) is 43.4 Å². The van der Waals surface area contributed by atoms with Crippen LogP contribution in [0, 0.1) is 0 Å². The molecule has 0 saturated carbocycles. The van der Waals surface area contributed by atoms with E-state index in [0.717, 1.165) is 30.5 Å². The molecule has 3 heteroatoms. The summed E-state index contributed by atoms with van der Waals surface area (Å²) in [5.41, 5.74) is 1.21. The number of ether oxygens (including phenoxy) is 1. The van der Waals surface area contributed by atoms with E-state index in [9.17, 15) is 0 Å². The van der Waals surface area contributed by atoms with Crippen LogP contribution in [0.3, 0.4) is 0 Å². The monoisotopic (exact) mass is 280 g/mol. The number of hydrogen-bond acceptors (Lipinski definition) is 2. The zero-order valence-electron chi connectivity index (χ0n) is 13.2. The molecule has 0 spiro atoms. The Labute approximate surface area is 123 Å². The van der Waals surface area contributed by atoms with Crippen LogP contribution in [0.2, 0.25) is 0 Å². The Morgan fingerprint density at radius 3 is 2.40 bits per heavy atom. The molecule has 1 unspecified atom stereocenters. The summed E-state index contributed by atoms with van der Waals surface area (Å²) in [7, 11) is 4.35. The van der Waals surface area contributed by atoms with Crippen molar-refractivity contribution in [2.45, 2.75) is 38.8 Å². The van der Waals surface area contributed by atoms with E-state index in [4.69, 9.17) is 9.84 Å². The minimum Gasteiger partial charge on any atom is -0.396 e. The number of unbranched alkanes of at least 4 members (excludes halogenated alkanes) is 2. The minimum absolute atomic E-state index is 0.0413. The second-order valence-electron chi connectivity index (χ2n) is 5.92. The summed E-state index contributed by atoms with van der Waals surface area (Å²) in [5, 5.41) is 9.08. The lowest BCUT2D eigenvalue weighted by molar-refractivity contribution is -0.945. The molecule has 20 heavy (non-hydrogen) atoms. The number of hydrogen-bond donors (Lipinski definition) is 1. The fourth-order valence-corrected chi connectivity index (χ4v) is 2.46. The topological polar surface area (TPSA) is 29.5 Å². The van der Waals surface area contributed by atoms with Crippen LogP contribution < -0.4 is 0 Å². The molecule has 0 aliphatic rings. The lowest BCUT2D eigenvalue weighted by Gasteiger charge is -2.37. The zero-order valence-corrected chi connectivity index (χ0v) is 13.2. The van der Waals surface area contributed by atoms with Gasteiger partial charge in [-0.05, 0) is 6.42 Å². The molecule has 0 aliphatic carbocycles. The van der Waals surface area contributed by atoms with E-state index in [0.29, 0.717) is 0 Å². The maximum Gasteiger partial charge on any atom is 0.219 e. The Hall–Kier alpha value is -0.900. The fraction of sp³-hybridized carbons (Fsp3) is 0.647. The predicted octanol–water partition coefficient (Wildman–Crippen LogP) is 3.35. The van der Waals surface area contributed by atoms with Crippen molar-refractivity contribution in [1.82, 2.24) is 0 Å². The second kappa shape index (κ2) is 9.11. The van der Waals surface area contributed by atoms with E-state index in [2.05, 4.69) is 45.3 Å². The third-order valence-corrected chi connectivity index (χ3v) is 3.64. The summed E-state index contributed by atoms with van der Waals surface area (Å²) in [5.74, 6) is 0. The molecule has 1 aromatic rings. The fourth-order valence-electron chi connectivity index (χ4n) is 2.46. The van der Waals surface area contributed by atoms with Crippen LogP contribution in [-0.2, 0) is 4.74 Å². The van der Waals surface area contributed by atoms with Crippen LogP contribution >= 0.6 is 0 Å². The largest absolute Gasteiger partial charge is 0.396 e. The van der Waals surface area contributed by atoms with Crippen LogP contribution in [0.4, 0.5) is 0 Å². The standard InChI is InChI=1S/C17H30NO2/c1-4-5-9-15-20-17(16-11-7-6-8-12-16)18(2,3)13-10-14-19/h6-8,11-12,17,19H,4-5,9-10,13-15H2,1-3H3/q+1. The molecule has 0 bridgehead atoms. The molecular formula is C17H30NO2+. The highest BCUT2D eigenvalue weighted by atomic mass is 16.5. The number of rotatable bonds is 10. The summed E-state index contributed by atoms with van der Waals surface area (Å²) in [6.45, 7) is 4.15. The Kier molecular flexibility index (Phi) is 7.82. The maximum atomic E-state index is 9.08. The van der Waals surface area contributed by atoms with E-state index in [1.807, 2.05) is 6.07 Å². The lowest BCUT2D eigenvalue weighted by Crippen LogP contribution is -2.45. The van der Waals surface area contributed by atoms with Crippen LogP contribution in [0.5, 0.6) is 0 Å². The van der Waals surface area contributed by atoms with Crippen LogP contribution in [0.1, 0.15) is 44.4 Å². The van der Waals surface area contributed by atoms with Crippen LogP contribution in [0.25, 0.3) is 0 Å². The first kappa shape index (κ1) is 17.2. The molecule has 114 valence electrons. The molecule has 1 aromatic carbocycles. The van der Waals surface area contributed by atoms with Gasteiger partial charge in [-0.3, -0.25) is 4.48 Å². The van der Waals surface area contributed by atoms with Gasteiger partial charge in [0.1, 0.15) is 0 Å². The molecule has 1 N–H and O–H groups in total. The smallest absolute Gasteiger partial charge is 0.219 e. The van der Waals surface area contributed by atoms with E-state index >= 15 is 0 Å². The first-order valence-electron chi connectivity index (χ1n) is 7.72. The van der Waals surface area contributed by atoms with Gasteiger partial charge >= 0.3 is 0 Å². The highest BCUT2D eigenvalue weighted by molar-refractivity contribution is 5.15. The molecule has 0 fully saturated rings. The Balaban J connectivity index is 2.73. The zero-order chi connectivity index (χ0) is 14.8. The quantitative estimate of drug-likeness (QED) is 0.404. The second-order valence-corrected chi connectivity index (χ2v) is 5.92. The van der Waals surface area contributed by atoms with E-state index in [-0.39, 0.29) is 12.8 Å². The van der Waals surface area contributed by atoms with Crippen LogP contribution in [0.15, 0.2) is 30.3 Å². The first-order valence-corrected chi connectivity index (χ1v) is 7.72. The van der Waals surface area contributed by atoms with E-state index in [1.165, 1.54) is 18.4 Å².